The number of aromatic nitrogens is 2. The maximum Gasteiger partial charge on any atom is 0.101 e. The second-order valence-electron chi connectivity index (χ2n) is 12.3. The van der Waals surface area contributed by atoms with Crippen LogP contribution in [-0.4, -0.2) is 9.13 Å². The minimum absolute atomic E-state index is 0.536. The van der Waals surface area contributed by atoms with Crippen LogP contribution in [0.25, 0.3) is 61.3 Å². The fourth-order valence-corrected chi connectivity index (χ4v) is 7.33. The van der Waals surface area contributed by atoms with Crippen molar-refractivity contribution < 1.29 is 0 Å². The Hall–Kier alpha value is -7.06. The van der Waals surface area contributed by atoms with Crippen LogP contribution in [0.1, 0.15) is 39.9 Å². The number of para-hydroxylation sites is 4. The lowest BCUT2D eigenvalue weighted by atomic mass is 10.00. The summed E-state index contributed by atoms with van der Waals surface area (Å²) in [5, 5.41) is 23.7. The van der Waals surface area contributed by atoms with Crippen molar-refractivity contribution in [3.05, 3.63) is 173 Å². The standard InChI is InChI=1S/C46H30N4/c1-3-4-20-41-31(2)37-16-5-8-21-43(37)49(41)44-22-9-6-17-38(44)33-14-11-13-32(24-25-33)34-26-27-42(36(28-34)30-48)50-45-23-10-7-18-39(45)40-19-12-15-35(29-47)46(40)50/h1,4-13,15-28H,14H2,2H3/b20-4-. The summed E-state index contributed by atoms with van der Waals surface area (Å²) < 4.78 is 4.36. The van der Waals surface area contributed by atoms with Crippen molar-refractivity contribution in [1.29, 1.82) is 10.5 Å². The lowest BCUT2D eigenvalue weighted by Crippen LogP contribution is -2.01. The molecule has 0 saturated heterocycles. The molecule has 7 aromatic rings. The summed E-state index contributed by atoms with van der Waals surface area (Å²) in [5.41, 5.74) is 12.4. The first-order chi connectivity index (χ1) is 24.6. The third kappa shape index (κ3) is 4.86. The third-order valence-electron chi connectivity index (χ3n) is 9.61. The first kappa shape index (κ1) is 30.3. The molecule has 2 aromatic heterocycles. The number of nitriles is 2. The van der Waals surface area contributed by atoms with E-state index in [1.165, 1.54) is 16.5 Å². The van der Waals surface area contributed by atoms with E-state index in [0.29, 0.717) is 11.1 Å². The van der Waals surface area contributed by atoms with Gasteiger partial charge in [-0.05, 0) is 84.2 Å². The molecule has 0 saturated carbocycles. The van der Waals surface area contributed by atoms with Gasteiger partial charge in [0.15, 0.2) is 0 Å². The maximum absolute atomic E-state index is 10.5. The van der Waals surface area contributed by atoms with E-state index < -0.39 is 0 Å². The summed E-state index contributed by atoms with van der Waals surface area (Å²) in [7, 11) is 0. The molecule has 1 aliphatic carbocycles. The smallest absolute Gasteiger partial charge is 0.101 e. The zero-order chi connectivity index (χ0) is 34.2. The summed E-state index contributed by atoms with van der Waals surface area (Å²) in [6.07, 6.45) is 18.8. The number of hydrogen-bond acceptors (Lipinski definition) is 2. The van der Waals surface area contributed by atoms with Crippen LogP contribution in [0.3, 0.4) is 0 Å². The second-order valence-corrected chi connectivity index (χ2v) is 12.3. The topological polar surface area (TPSA) is 57.4 Å². The minimum Gasteiger partial charge on any atom is -0.309 e. The quantitative estimate of drug-likeness (QED) is 0.176. The molecule has 4 heteroatoms. The van der Waals surface area contributed by atoms with Crippen LogP contribution < -0.4 is 0 Å². The average molecular weight is 639 g/mol. The van der Waals surface area contributed by atoms with Crippen molar-refractivity contribution in [2.75, 3.05) is 0 Å². The third-order valence-corrected chi connectivity index (χ3v) is 9.61. The van der Waals surface area contributed by atoms with E-state index in [0.717, 1.165) is 67.5 Å². The molecule has 0 amide bonds. The fraction of sp³-hybridized carbons (Fsp3) is 0.0435. The second kappa shape index (κ2) is 12.5. The Kier molecular flexibility index (Phi) is 7.58. The highest BCUT2D eigenvalue weighted by molar-refractivity contribution is 6.11. The zero-order valence-corrected chi connectivity index (χ0v) is 27.4. The lowest BCUT2D eigenvalue weighted by Gasteiger charge is -2.16. The van der Waals surface area contributed by atoms with Crippen molar-refractivity contribution >= 4 is 49.9 Å². The number of aryl methyl sites for hydroxylation is 1. The van der Waals surface area contributed by atoms with Crippen LogP contribution in [0.4, 0.5) is 0 Å². The summed E-state index contributed by atoms with van der Waals surface area (Å²) >= 11 is 0. The molecule has 0 atom stereocenters. The molecule has 0 radical (unpaired) electrons. The van der Waals surface area contributed by atoms with Crippen LogP contribution in [0.2, 0.25) is 0 Å². The Morgan fingerprint density at radius 2 is 1.42 bits per heavy atom. The molecular weight excluding hydrogens is 609 g/mol. The number of nitrogens with zero attached hydrogens (tertiary/aromatic N) is 4. The Bertz CT molecular complexity index is 2770. The zero-order valence-electron chi connectivity index (χ0n) is 27.4. The van der Waals surface area contributed by atoms with E-state index in [9.17, 15) is 10.5 Å². The van der Waals surface area contributed by atoms with Gasteiger partial charge in [0.2, 0.25) is 0 Å². The van der Waals surface area contributed by atoms with Crippen molar-refractivity contribution in [2.45, 2.75) is 13.3 Å². The van der Waals surface area contributed by atoms with Gasteiger partial charge in [-0.3, -0.25) is 0 Å². The predicted octanol–water partition coefficient (Wildman–Crippen LogP) is 10.9. The number of fused-ring (bicyclic) bond motifs is 4. The number of allylic oxidation sites excluding steroid dienone is 7. The summed E-state index contributed by atoms with van der Waals surface area (Å²) in [4.78, 5) is 0. The number of hydrogen-bond donors (Lipinski definition) is 0. The molecule has 50 heavy (non-hydrogen) atoms. The highest BCUT2D eigenvalue weighted by Crippen LogP contribution is 2.38. The molecule has 0 unspecified atom stereocenters. The normalized spacial score (nSPS) is 12.8. The van der Waals surface area contributed by atoms with Crippen LogP contribution >= 0.6 is 0 Å². The molecule has 8 rings (SSSR count). The SMILES string of the molecule is C#C/C=C\c1c(C)c2ccccc2n1-c1ccccc1C1=CC=C(c2ccc(-n3c4ccccc4c4cccc(C#N)c43)c(C#N)c2)C=CC1. The van der Waals surface area contributed by atoms with Gasteiger partial charge < -0.3 is 9.13 Å². The maximum atomic E-state index is 10.5. The Morgan fingerprint density at radius 1 is 0.700 bits per heavy atom. The highest BCUT2D eigenvalue weighted by Gasteiger charge is 2.20. The van der Waals surface area contributed by atoms with Gasteiger partial charge in [-0.25, -0.2) is 0 Å². The van der Waals surface area contributed by atoms with E-state index in [2.05, 4.69) is 119 Å². The van der Waals surface area contributed by atoms with Crippen LogP contribution in [0.15, 0.2) is 140 Å². The molecule has 0 spiro atoms. The predicted molar refractivity (Wildman–Crippen MR) is 206 cm³/mol. The first-order valence-corrected chi connectivity index (χ1v) is 16.5. The Morgan fingerprint density at radius 3 is 2.22 bits per heavy atom. The number of terminal acetylenes is 1. The monoisotopic (exact) mass is 638 g/mol. The van der Waals surface area contributed by atoms with Gasteiger partial charge in [-0.15, -0.1) is 6.42 Å². The van der Waals surface area contributed by atoms with Crippen LogP contribution in [0.5, 0.6) is 0 Å². The van der Waals surface area contributed by atoms with Crippen LogP contribution in [0, 0.1) is 41.9 Å². The molecule has 0 bridgehead atoms. The minimum atomic E-state index is 0.536. The van der Waals surface area contributed by atoms with E-state index in [1.807, 2.05) is 54.6 Å². The van der Waals surface area contributed by atoms with E-state index in [4.69, 9.17) is 6.42 Å². The van der Waals surface area contributed by atoms with Gasteiger partial charge in [-0.2, -0.15) is 10.5 Å². The first-order valence-electron chi connectivity index (χ1n) is 16.5. The summed E-state index contributed by atoms with van der Waals surface area (Å²) in [5.74, 6) is 2.66. The van der Waals surface area contributed by atoms with Crippen molar-refractivity contribution in [1.82, 2.24) is 9.13 Å². The van der Waals surface area contributed by atoms with Crippen molar-refractivity contribution in [2.24, 2.45) is 0 Å². The Labute approximate surface area is 291 Å². The van der Waals surface area contributed by atoms with Gasteiger partial charge in [0.1, 0.15) is 12.1 Å². The Balaban J connectivity index is 1.23. The molecule has 1 aliphatic rings. The molecule has 0 N–H and O–H groups in total. The van der Waals surface area contributed by atoms with Gasteiger partial charge in [0.05, 0.1) is 44.7 Å². The van der Waals surface area contributed by atoms with E-state index in [-0.39, 0.29) is 0 Å². The van der Waals surface area contributed by atoms with Crippen LogP contribution in [-0.2, 0) is 0 Å². The van der Waals surface area contributed by atoms with Crippen molar-refractivity contribution in [3.63, 3.8) is 0 Å². The van der Waals surface area contributed by atoms with Gasteiger partial charge in [-0.1, -0.05) is 103 Å². The van der Waals surface area contributed by atoms with Gasteiger partial charge >= 0.3 is 0 Å². The number of rotatable bonds is 5. The van der Waals surface area contributed by atoms with Gasteiger partial charge in [0.25, 0.3) is 0 Å². The molecule has 0 aliphatic heterocycles. The highest BCUT2D eigenvalue weighted by atomic mass is 15.0. The molecule has 4 nitrogen and oxygen atoms in total. The molecular formula is C46H30N4. The van der Waals surface area contributed by atoms with Gasteiger partial charge in [0, 0.05) is 21.7 Å². The molecule has 234 valence electrons. The number of benzene rings is 5. The van der Waals surface area contributed by atoms with E-state index in [1.54, 1.807) is 6.08 Å². The lowest BCUT2D eigenvalue weighted by molar-refractivity contribution is 1.09. The largest absolute Gasteiger partial charge is 0.309 e. The average Bonchev–Trinajstić information content (AvgIpc) is 3.51. The molecule has 5 aromatic carbocycles. The summed E-state index contributed by atoms with van der Waals surface area (Å²) in [6, 6.07) is 41.7. The van der Waals surface area contributed by atoms with E-state index >= 15 is 0 Å². The summed E-state index contributed by atoms with van der Waals surface area (Å²) in [6.45, 7) is 2.14. The molecule has 0 fully saturated rings. The molecule has 2 heterocycles. The fourth-order valence-electron chi connectivity index (χ4n) is 7.33. The van der Waals surface area contributed by atoms with Crippen molar-refractivity contribution in [3.8, 4) is 35.9 Å².